The summed E-state index contributed by atoms with van der Waals surface area (Å²) in [6.07, 6.45) is 6.70. The van der Waals surface area contributed by atoms with E-state index in [4.69, 9.17) is 0 Å². The van der Waals surface area contributed by atoms with Crippen LogP contribution in [-0.4, -0.2) is 15.5 Å². The Balaban J connectivity index is 1.36. The van der Waals surface area contributed by atoms with Crippen molar-refractivity contribution in [1.29, 1.82) is 0 Å². The van der Waals surface area contributed by atoms with Crippen molar-refractivity contribution in [1.82, 2.24) is 14.9 Å². The van der Waals surface area contributed by atoms with Crippen molar-refractivity contribution in [2.45, 2.75) is 39.3 Å². The minimum atomic E-state index is 0.0572. The van der Waals surface area contributed by atoms with Gasteiger partial charge in [0.25, 0.3) is 0 Å². The first-order valence-corrected chi connectivity index (χ1v) is 10.9. The summed E-state index contributed by atoms with van der Waals surface area (Å²) in [5, 5.41) is 4.36. The maximum absolute atomic E-state index is 12.7. The number of aromatic nitrogens is 2. The van der Waals surface area contributed by atoms with E-state index in [1.165, 1.54) is 33.2 Å². The summed E-state index contributed by atoms with van der Waals surface area (Å²) in [7, 11) is 0. The molecule has 2 aromatic heterocycles. The molecule has 1 amide bonds. The number of nitrogens with one attached hydrogen (secondary N) is 1. The van der Waals surface area contributed by atoms with Crippen molar-refractivity contribution < 1.29 is 4.79 Å². The number of para-hydroxylation sites is 1. The number of hydrogen-bond donors (Lipinski definition) is 1. The molecule has 0 aliphatic heterocycles. The third-order valence-electron chi connectivity index (χ3n) is 6.41. The van der Waals surface area contributed by atoms with Gasteiger partial charge in [0, 0.05) is 48.5 Å². The van der Waals surface area contributed by atoms with Crippen LogP contribution in [0, 0.1) is 19.8 Å². The van der Waals surface area contributed by atoms with Crippen molar-refractivity contribution in [2.24, 2.45) is 5.92 Å². The van der Waals surface area contributed by atoms with Gasteiger partial charge >= 0.3 is 0 Å². The quantitative estimate of drug-likeness (QED) is 0.480. The number of carbonyl (C=O) groups excluding carboxylic acids is 1. The van der Waals surface area contributed by atoms with Gasteiger partial charge in [0.1, 0.15) is 0 Å². The van der Waals surface area contributed by atoms with E-state index in [1.807, 2.05) is 12.1 Å². The summed E-state index contributed by atoms with van der Waals surface area (Å²) in [6, 6.07) is 19.1. The van der Waals surface area contributed by atoms with Gasteiger partial charge in [-0.05, 0) is 66.6 Å². The van der Waals surface area contributed by atoms with E-state index in [2.05, 4.69) is 77.4 Å². The topological polar surface area (TPSA) is 46.9 Å². The van der Waals surface area contributed by atoms with Crippen LogP contribution in [0.5, 0.6) is 0 Å². The first-order valence-electron chi connectivity index (χ1n) is 10.9. The van der Waals surface area contributed by atoms with Gasteiger partial charge in [-0.15, -0.1) is 0 Å². The lowest BCUT2D eigenvalue weighted by Crippen LogP contribution is -2.24. The molecule has 0 unspecified atom stereocenters. The number of hydrogen-bond acceptors (Lipinski definition) is 2. The molecule has 1 N–H and O–H groups in total. The van der Waals surface area contributed by atoms with Crippen LogP contribution >= 0.6 is 0 Å². The molecular weight excluding hydrogens is 382 g/mol. The maximum Gasteiger partial charge on any atom is 0.224 e. The molecule has 0 spiro atoms. The number of pyridine rings is 1. The molecule has 2 heterocycles. The zero-order chi connectivity index (χ0) is 21.4. The minimum absolute atomic E-state index is 0.0572. The molecule has 31 heavy (non-hydrogen) atoms. The lowest BCUT2D eigenvalue weighted by atomic mass is 10.1. The molecule has 0 bridgehead atoms. The maximum atomic E-state index is 12.7. The van der Waals surface area contributed by atoms with Gasteiger partial charge in [0.2, 0.25) is 5.91 Å². The molecule has 4 aromatic rings. The lowest BCUT2D eigenvalue weighted by Gasteiger charge is -2.09. The van der Waals surface area contributed by atoms with Crippen molar-refractivity contribution in [3.63, 3.8) is 0 Å². The SMILES string of the molecule is Cc1ccc(C)c(Cn2cc([C@H]3C[C@@H]3C(=O)NCc3ccncc3)c3ccccc32)c1. The van der Waals surface area contributed by atoms with Crippen LogP contribution in [0.1, 0.15) is 40.2 Å². The average molecular weight is 410 g/mol. The Bertz CT molecular complexity index is 1240. The summed E-state index contributed by atoms with van der Waals surface area (Å²) in [5.41, 5.74) is 7.54. The Morgan fingerprint density at radius 1 is 1.10 bits per heavy atom. The molecule has 156 valence electrons. The number of amides is 1. The molecule has 0 radical (unpaired) electrons. The number of benzene rings is 2. The number of aryl methyl sites for hydroxylation is 2. The van der Waals surface area contributed by atoms with Gasteiger partial charge in [-0.25, -0.2) is 0 Å². The fraction of sp³-hybridized carbons (Fsp3) is 0.259. The summed E-state index contributed by atoms with van der Waals surface area (Å²) < 4.78 is 2.34. The molecule has 4 heteroatoms. The van der Waals surface area contributed by atoms with Gasteiger partial charge in [0.05, 0.1) is 0 Å². The Labute approximate surface area is 182 Å². The number of rotatable bonds is 6. The third kappa shape index (κ3) is 3.98. The highest BCUT2D eigenvalue weighted by Crippen LogP contribution is 2.50. The number of nitrogens with zero attached hydrogens (tertiary/aromatic N) is 2. The Hall–Kier alpha value is -3.40. The number of fused-ring (bicyclic) bond motifs is 1. The normalized spacial score (nSPS) is 17.6. The first kappa shape index (κ1) is 19.6. The van der Waals surface area contributed by atoms with Gasteiger partial charge in [-0.2, -0.15) is 0 Å². The second-order valence-corrected chi connectivity index (χ2v) is 8.68. The van der Waals surface area contributed by atoms with E-state index in [0.29, 0.717) is 12.5 Å². The highest BCUT2D eigenvalue weighted by atomic mass is 16.2. The monoisotopic (exact) mass is 409 g/mol. The van der Waals surface area contributed by atoms with Crippen molar-refractivity contribution in [2.75, 3.05) is 0 Å². The Kier molecular flexibility index (Phi) is 5.06. The van der Waals surface area contributed by atoms with Crippen LogP contribution in [0.2, 0.25) is 0 Å². The smallest absolute Gasteiger partial charge is 0.224 e. The fourth-order valence-electron chi connectivity index (χ4n) is 4.50. The summed E-state index contributed by atoms with van der Waals surface area (Å²) in [5.74, 6) is 0.497. The second kappa shape index (κ2) is 8.03. The molecule has 4 nitrogen and oxygen atoms in total. The average Bonchev–Trinajstić information content (AvgIpc) is 3.51. The highest BCUT2D eigenvalue weighted by molar-refractivity contribution is 5.89. The van der Waals surface area contributed by atoms with Gasteiger partial charge in [-0.3, -0.25) is 9.78 Å². The largest absolute Gasteiger partial charge is 0.352 e. The first-order chi connectivity index (χ1) is 15.1. The highest BCUT2D eigenvalue weighted by Gasteiger charge is 2.45. The summed E-state index contributed by atoms with van der Waals surface area (Å²) >= 11 is 0. The Morgan fingerprint density at radius 3 is 2.74 bits per heavy atom. The zero-order valence-corrected chi connectivity index (χ0v) is 18.0. The van der Waals surface area contributed by atoms with Crippen LogP contribution in [0.15, 0.2) is 73.2 Å². The predicted octanol–water partition coefficient (Wildman–Crippen LogP) is 5.12. The lowest BCUT2D eigenvalue weighted by molar-refractivity contribution is -0.122. The van der Waals surface area contributed by atoms with E-state index in [9.17, 15) is 4.79 Å². The van der Waals surface area contributed by atoms with E-state index in [-0.39, 0.29) is 11.8 Å². The molecule has 2 atom stereocenters. The molecule has 1 aliphatic rings. The van der Waals surface area contributed by atoms with Gasteiger partial charge < -0.3 is 9.88 Å². The summed E-state index contributed by atoms with van der Waals surface area (Å²) in [6.45, 7) is 5.71. The third-order valence-corrected chi connectivity index (χ3v) is 6.41. The summed E-state index contributed by atoms with van der Waals surface area (Å²) in [4.78, 5) is 16.8. The molecule has 5 rings (SSSR count). The fourth-order valence-corrected chi connectivity index (χ4v) is 4.50. The van der Waals surface area contributed by atoms with Crippen LogP contribution in [0.3, 0.4) is 0 Å². The van der Waals surface area contributed by atoms with Gasteiger partial charge in [0.15, 0.2) is 0 Å². The Morgan fingerprint density at radius 2 is 1.90 bits per heavy atom. The van der Waals surface area contributed by atoms with E-state index < -0.39 is 0 Å². The van der Waals surface area contributed by atoms with E-state index >= 15 is 0 Å². The van der Waals surface area contributed by atoms with Crippen molar-refractivity contribution in [3.05, 3.63) is 101 Å². The van der Waals surface area contributed by atoms with Crippen molar-refractivity contribution in [3.8, 4) is 0 Å². The number of carbonyl (C=O) groups is 1. The molecule has 1 saturated carbocycles. The van der Waals surface area contributed by atoms with E-state index in [0.717, 1.165) is 18.5 Å². The molecular formula is C27H27N3O. The molecule has 1 fully saturated rings. The zero-order valence-electron chi connectivity index (χ0n) is 18.0. The minimum Gasteiger partial charge on any atom is -0.352 e. The van der Waals surface area contributed by atoms with Crippen LogP contribution in [-0.2, 0) is 17.9 Å². The molecule has 1 aliphatic carbocycles. The van der Waals surface area contributed by atoms with Crippen LogP contribution < -0.4 is 5.32 Å². The predicted molar refractivity (Wildman–Crippen MR) is 124 cm³/mol. The van der Waals surface area contributed by atoms with E-state index in [1.54, 1.807) is 12.4 Å². The van der Waals surface area contributed by atoms with Crippen LogP contribution in [0.25, 0.3) is 10.9 Å². The standard InChI is InChI=1S/C27H27N3O/c1-18-7-8-19(2)21(13-18)16-30-17-25(22-5-3-4-6-26(22)30)23-14-24(23)27(31)29-15-20-9-11-28-12-10-20/h3-13,17,23-24H,14-16H2,1-2H3,(H,29,31)/t23-,24-/m0/s1. The van der Waals surface area contributed by atoms with Crippen molar-refractivity contribution >= 4 is 16.8 Å². The molecule has 0 saturated heterocycles. The second-order valence-electron chi connectivity index (χ2n) is 8.68. The molecule has 2 aromatic carbocycles. The van der Waals surface area contributed by atoms with Gasteiger partial charge in [-0.1, -0.05) is 42.0 Å². The van der Waals surface area contributed by atoms with Crippen LogP contribution in [0.4, 0.5) is 0 Å².